The Hall–Kier alpha value is -2.69. The summed E-state index contributed by atoms with van der Waals surface area (Å²) in [5.74, 6) is -0.206. The van der Waals surface area contributed by atoms with Crippen LogP contribution in [0.15, 0.2) is 42.6 Å². The van der Waals surface area contributed by atoms with Crippen molar-refractivity contribution in [3.05, 3.63) is 59.5 Å². The number of aryl methyl sites for hydroxylation is 2. The number of aromatic nitrogens is 3. The van der Waals surface area contributed by atoms with E-state index in [1.165, 1.54) is 0 Å². The summed E-state index contributed by atoms with van der Waals surface area (Å²) >= 11 is 0. The van der Waals surface area contributed by atoms with E-state index in [0.29, 0.717) is 11.3 Å². The number of para-hydroxylation sites is 1. The first-order valence-corrected chi connectivity index (χ1v) is 6.89. The van der Waals surface area contributed by atoms with Crippen LogP contribution in [0.1, 0.15) is 28.7 Å². The topological polar surface area (TPSA) is 59.3 Å². The van der Waals surface area contributed by atoms with Gasteiger partial charge in [0.2, 0.25) is 0 Å². The van der Waals surface area contributed by atoms with Gasteiger partial charge in [-0.15, -0.1) is 0 Å². The molecule has 0 bridgehead atoms. The number of anilines is 1. The molecule has 5 nitrogen and oxygen atoms in total. The van der Waals surface area contributed by atoms with E-state index in [4.69, 9.17) is 0 Å². The lowest BCUT2D eigenvalue weighted by molar-refractivity contribution is 0.102. The summed E-state index contributed by atoms with van der Waals surface area (Å²) in [7, 11) is 0. The molecule has 0 atom stereocenters. The highest BCUT2D eigenvalue weighted by Crippen LogP contribution is 2.16. The summed E-state index contributed by atoms with van der Waals surface area (Å²) < 4.78 is 1.71. The van der Waals surface area contributed by atoms with Crippen LogP contribution in [0, 0.1) is 6.92 Å². The average molecular weight is 280 g/mol. The summed E-state index contributed by atoms with van der Waals surface area (Å²) in [6.07, 6.45) is 2.54. The molecule has 0 spiro atoms. The lowest BCUT2D eigenvalue weighted by Crippen LogP contribution is -2.16. The van der Waals surface area contributed by atoms with E-state index in [2.05, 4.69) is 22.3 Å². The third-order valence-corrected chi connectivity index (χ3v) is 3.42. The number of carbonyl (C=O) groups excluding carboxylic acids is 1. The molecule has 2 heterocycles. The lowest BCUT2D eigenvalue weighted by Gasteiger charge is -2.10. The molecule has 1 N–H and O–H groups in total. The van der Waals surface area contributed by atoms with Gasteiger partial charge >= 0.3 is 0 Å². The van der Waals surface area contributed by atoms with E-state index in [0.717, 1.165) is 23.4 Å². The van der Waals surface area contributed by atoms with Gasteiger partial charge in [-0.3, -0.25) is 4.79 Å². The van der Waals surface area contributed by atoms with Crippen LogP contribution in [-0.2, 0) is 6.42 Å². The fourth-order valence-corrected chi connectivity index (χ4v) is 2.32. The molecule has 0 fully saturated rings. The molecule has 21 heavy (non-hydrogen) atoms. The molecule has 0 saturated heterocycles. The highest BCUT2D eigenvalue weighted by molar-refractivity contribution is 6.03. The van der Waals surface area contributed by atoms with Gasteiger partial charge in [-0.25, -0.2) is 9.50 Å². The number of hydrogen-bond acceptors (Lipinski definition) is 3. The van der Waals surface area contributed by atoms with Crippen molar-refractivity contribution in [1.29, 1.82) is 0 Å². The summed E-state index contributed by atoms with van der Waals surface area (Å²) in [6, 6.07) is 11.3. The van der Waals surface area contributed by atoms with Gasteiger partial charge in [-0.2, -0.15) is 5.10 Å². The Morgan fingerprint density at radius 3 is 2.90 bits per heavy atom. The van der Waals surface area contributed by atoms with Gasteiger partial charge in [0.1, 0.15) is 5.69 Å². The van der Waals surface area contributed by atoms with Crippen molar-refractivity contribution in [2.75, 3.05) is 5.32 Å². The molecule has 3 rings (SSSR count). The van der Waals surface area contributed by atoms with Crippen LogP contribution in [0.3, 0.4) is 0 Å². The highest BCUT2D eigenvalue weighted by Gasteiger charge is 2.12. The minimum absolute atomic E-state index is 0.206. The number of amides is 1. The summed E-state index contributed by atoms with van der Waals surface area (Å²) in [6.45, 7) is 3.96. The second-order valence-electron chi connectivity index (χ2n) is 4.85. The van der Waals surface area contributed by atoms with Crippen LogP contribution < -0.4 is 5.32 Å². The first kappa shape index (κ1) is 13.3. The highest BCUT2D eigenvalue weighted by atomic mass is 16.1. The number of fused-ring (bicyclic) bond motifs is 1. The number of carbonyl (C=O) groups is 1. The number of nitrogens with one attached hydrogen (secondary N) is 1. The van der Waals surface area contributed by atoms with E-state index in [9.17, 15) is 4.79 Å². The van der Waals surface area contributed by atoms with Crippen molar-refractivity contribution in [2.45, 2.75) is 20.3 Å². The maximum absolute atomic E-state index is 12.4. The SMILES string of the molecule is CCc1ccccc1NC(=O)c1cc(C)n2nccc2n1. The number of nitrogens with zero attached hydrogens (tertiary/aromatic N) is 3. The molecule has 5 heteroatoms. The van der Waals surface area contributed by atoms with Crippen LogP contribution in [-0.4, -0.2) is 20.5 Å². The van der Waals surface area contributed by atoms with Gasteiger partial charge in [0, 0.05) is 17.4 Å². The summed E-state index contributed by atoms with van der Waals surface area (Å²) in [4.78, 5) is 16.7. The molecule has 0 radical (unpaired) electrons. The molecule has 0 saturated carbocycles. The molecule has 0 aliphatic carbocycles. The van der Waals surface area contributed by atoms with Crippen molar-refractivity contribution < 1.29 is 4.79 Å². The number of benzene rings is 1. The zero-order valence-corrected chi connectivity index (χ0v) is 12.0. The number of hydrogen-bond donors (Lipinski definition) is 1. The Bertz CT molecular complexity index is 807. The summed E-state index contributed by atoms with van der Waals surface area (Å²) in [5.41, 5.74) is 3.88. The van der Waals surface area contributed by atoms with Gasteiger partial charge in [-0.1, -0.05) is 25.1 Å². The molecular formula is C16H16N4O. The second-order valence-corrected chi connectivity index (χ2v) is 4.85. The van der Waals surface area contributed by atoms with E-state index in [-0.39, 0.29) is 5.91 Å². The normalized spacial score (nSPS) is 10.8. The first-order chi connectivity index (χ1) is 10.2. The van der Waals surface area contributed by atoms with Crippen molar-refractivity contribution in [3.63, 3.8) is 0 Å². The molecule has 1 amide bonds. The van der Waals surface area contributed by atoms with Crippen LogP contribution in [0.2, 0.25) is 0 Å². The van der Waals surface area contributed by atoms with E-state index in [1.807, 2.05) is 31.2 Å². The fourth-order valence-electron chi connectivity index (χ4n) is 2.32. The molecule has 0 unspecified atom stereocenters. The summed E-state index contributed by atoms with van der Waals surface area (Å²) in [5, 5.41) is 7.08. The van der Waals surface area contributed by atoms with Crippen molar-refractivity contribution in [1.82, 2.24) is 14.6 Å². The molecule has 1 aromatic carbocycles. The Morgan fingerprint density at radius 1 is 1.29 bits per heavy atom. The van der Waals surface area contributed by atoms with Gasteiger partial charge in [0.05, 0.1) is 6.20 Å². The van der Waals surface area contributed by atoms with Crippen LogP contribution in [0.25, 0.3) is 5.65 Å². The quantitative estimate of drug-likeness (QED) is 0.802. The Kier molecular flexibility index (Phi) is 3.39. The molecule has 0 aliphatic rings. The van der Waals surface area contributed by atoms with Crippen molar-refractivity contribution >= 4 is 17.2 Å². The Balaban J connectivity index is 1.93. The molecule has 2 aromatic heterocycles. The molecule has 106 valence electrons. The number of rotatable bonds is 3. The van der Waals surface area contributed by atoms with Crippen LogP contribution in [0.5, 0.6) is 0 Å². The average Bonchev–Trinajstić information content (AvgIpc) is 2.96. The Morgan fingerprint density at radius 2 is 2.10 bits per heavy atom. The zero-order chi connectivity index (χ0) is 14.8. The van der Waals surface area contributed by atoms with Crippen LogP contribution in [0.4, 0.5) is 5.69 Å². The standard InChI is InChI=1S/C16H16N4O/c1-3-12-6-4-5-7-13(12)19-16(21)14-10-11(2)20-15(18-14)8-9-17-20/h4-10H,3H2,1-2H3,(H,19,21). The molecule has 3 aromatic rings. The maximum Gasteiger partial charge on any atom is 0.274 e. The van der Waals surface area contributed by atoms with Gasteiger partial charge in [0.15, 0.2) is 5.65 Å². The smallest absolute Gasteiger partial charge is 0.274 e. The van der Waals surface area contributed by atoms with E-state index < -0.39 is 0 Å². The lowest BCUT2D eigenvalue weighted by atomic mass is 10.1. The third kappa shape index (κ3) is 2.50. The predicted octanol–water partition coefficient (Wildman–Crippen LogP) is 2.85. The molecular weight excluding hydrogens is 264 g/mol. The van der Waals surface area contributed by atoms with Crippen LogP contribution >= 0.6 is 0 Å². The van der Waals surface area contributed by atoms with E-state index in [1.54, 1.807) is 22.8 Å². The van der Waals surface area contributed by atoms with Gasteiger partial charge < -0.3 is 5.32 Å². The largest absolute Gasteiger partial charge is 0.320 e. The van der Waals surface area contributed by atoms with Gasteiger partial charge in [0.25, 0.3) is 5.91 Å². The monoisotopic (exact) mass is 280 g/mol. The molecule has 0 aliphatic heterocycles. The minimum Gasteiger partial charge on any atom is -0.320 e. The fraction of sp³-hybridized carbons (Fsp3) is 0.188. The van der Waals surface area contributed by atoms with Crippen molar-refractivity contribution in [2.24, 2.45) is 0 Å². The Labute approximate surface area is 122 Å². The minimum atomic E-state index is -0.206. The first-order valence-electron chi connectivity index (χ1n) is 6.89. The maximum atomic E-state index is 12.4. The van der Waals surface area contributed by atoms with Crippen molar-refractivity contribution in [3.8, 4) is 0 Å². The third-order valence-electron chi connectivity index (χ3n) is 3.42. The zero-order valence-electron chi connectivity index (χ0n) is 12.0. The second kappa shape index (κ2) is 5.36. The predicted molar refractivity (Wildman–Crippen MR) is 81.5 cm³/mol. The van der Waals surface area contributed by atoms with Gasteiger partial charge in [-0.05, 0) is 31.0 Å². The van der Waals surface area contributed by atoms with E-state index >= 15 is 0 Å².